The summed E-state index contributed by atoms with van der Waals surface area (Å²) in [5.41, 5.74) is 1.13. The molecule has 5 nitrogen and oxygen atoms in total. The number of rotatable bonds is 4. The Labute approximate surface area is 130 Å². The van der Waals surface area contributed by atoms with Crippen molar-refractivity contribution in [3.63, 3.8) is 0 Å². The van der Waals surface area contributed by atoms with Crippen molar-refractivity contribution in [2.24, 2.45) is 0 Å². The number of anilines is 2. The monoisotopic (exact) mass is 296 g/mol. The van der Waals surface area contributed by atoms with Crippen LogP contribution in [0.4, 0.5) is 11.5 Å². The van der Waals surface area contributed by atoms with Gasteiger partial charge in [0.1, 0.15) is 17.8 Å². The highest BCUT2D eigenvalue weighted by Gasteiger charge is 2.15. The molecule has 114 valence electrons. The zero-order chi connectivity index (χ0) is 15.2. The number of amides is 1. The molecule has 1 saturated carbocycles. The lowest BCUT2D eigenvalue weighted by Gasteiger charge is -2.23. The smallest absolute Gasteiger partial charge is 0.274 e. The highest BCUT2D eigenvalue weighted by molar-refractivity contribution is 6.03. The first-order chi connectivity index (χ1) is 10.8. The van der Waals surface area contributed by atoms with Crippen molar-refractivity contribution >= 4 is 17.4 Å². The summed E-state index contributed by atoms with van der Waals surface area (Å²) in [6.45, 7) is 0. The van der Waals surface area contributed by atoms with Gasteiger partial charge in [0.25, 0.3) is 5.91 Å². The number of hydrogen-bond acceptors (Lipinski definition) is 4. The minimum atomic E-state index is -0.222. The van der Waals surface area contributed by atoms with Crippen LogP contribution in [0.25, 0.3) is 0 Å². The van der Waals surface area contributed by atoms with Crippen LogP contribution in [0.3, 0.4) is 0 Å². The number of nitrogens with zero attached hydrogens (tertiary/aromatic N) is 2. The SMILES string of the molecule is O=C(Nc1ccccc1)c1cc(NC2CCCCC2)ncn1. The van der Waals surface area contributed by atoms with E-state index in [0.717, 1.165) is 24.3 Å². The number of nitrogens with one attached hydrogen (secondary N) is 2. The van der Waals surface area contributed by atoms with E-state index in [2.05, 4.69) is 20.6 Å². The molecule has 1 fully saturated rings. The highest BCUT2D eigenvalue weighted by Crippen LogP contribution is 2.20. The summed E-state index contributed by atoms with van der Waals surface area (Å²) in [4.78, 5) is 20.5. The van der Waals surface area contributed by atoms with Crippen LogP contribution in [0.15, 0.2) is 42.7 Å². The second-order valence-electron chi connectivity index (χ2n) is 5.59. The second kappa shape index (κ2) is 7.02. The number of benzene rings is 1. The Morgan fingerprint density at radius 1 is 1.05 bits per heavy atom. The Balaban J connectivity index is 1.66. The maximum Gasteiger partial charge on any atom is 0.274 e. The maximum atomic E-state index is 12.2. The molecule has 2 N–H and O–H groups in total. The third kappa shape index (κ3) is 3.81. The summed E-state index contributed by atoms with van der Waals surface area (Å²) in [6, 6.07) is 11.5. The first-order valence-electron chi connectivity index (χ1n) is 7.76. The number of carbonyl (C=O) groups is 1. The average molecular weight is 296 g/mol. The van der Waals surface area contributed by atoms with Crippen LogP contribution < -0.4 is 10.6 Å². The minimum Gasteiger partial charge on any atom is -0.367 e. The van der Waals surface area contributed by atoms with E-state index in [1.807, 2.05) is 30.3 Å². The Morgan fingerprint density at radius 2 is 1.82 bits per heavy atom. The Bertz CT molecular complexity index is 624. The van der Waals surface area contributed by atoms with Crippen molar-refractivity contribution in [2.45, 2.75) is 38.1 Å². The number of para-hydroxylation sites is 1. The van der Waals surface area contributed by atoms with Crippen molar-refractivity contribution in [1.82, 2.24) is 9.97 Å². The summed E-state index contributed by atoms with van der Waals surface area (Å²) in [6.07, 6.45) is 7.58. The van der Waals surface area contributed by atoms with Gasteiger partial charge in [-0.25, -0.2) is 9.97 Å². The topological polar surface area (TPSA) is 66.9 Å². The van der Waals surface area contributed by atoms with Gasteiger partial charge in [0.15, 0.2) is 0 Å². The van der Waals surface area contributed by atoms with Crippen molar-refractivity contribution in [2.75, 3.05) is 10.6 Å². The van der Waals surface area contributed by atoms with Crippen LogP contribution in [-0.2, 0) is 0 Å². The summed E-state index contributed by atoms with van der Waals surface area (Å²) >= 11 is 0. The molecule has 2 aromatic rings. The molecular weight excluding hydrogens is 276 g/mol. The molecule has 1 amide bonds. The summed E-state index contributed by atoms with van der Waals surface area (Å²) in [7, 11) is 0. The highest BCUT2D eigenvalue weighted by atomic mass is 16.1. The van der Waals surface area contributed by atoms with Gasteiger partial charge in [-0.2, -0.15) is 0 Å². The summed E-state index contributed by atoms with van der Waals surface area (Å²) in [5.74, 6) is 0.500. The molecular formula is C17H20N4O. The number of carbonyl (C=O) groups excluding carboxylic acids is 1. The van der Waals surface area contributed by atoms with Crippen LogP contribution in [0.5, 0.6) is 0 Å². The molecule has 5 heteroatoms. The Morgan fingerprint density at radius 3 is 2.59 bits per heavy atom. The molecule has 1 aromatic carbocycles. The lowest BCUT2D eigenvalue weighted by molar-refractivity contribution is 0.102. The van der Waals surface area contributed by atoms with E-state index in [-0.39, 0.29) is 5.91 Å². The van der Waals surface area contributed by atoms with Gasteiger partial charge in [-0.05, 0) is 25.0 Å². The van der Waals surface area contributed by atoms with Gasteiger partial charge in [-0.3, -0.25) is 4.79 Å². The standard InChI is InChI=1S/C17H20N4O/c22-17(21-14-9-5-2-6-10-14)15-11-16(19-12-18-15)20-13-7-3-1-4-8-13/h2,5-6,9-13H,1,3-4,7-8H2,(H,21,22)(H,18,19,20). The normalized spacial score (nSPS) is 15.3. The van der Waals surface area contributed by atoms with Crippen molar-refractivity contribution < 1.29 is 4.79 Å². The van der Waals surface area contributed by atoms with E-state index in [4.69, 9.17) is 0 Å². The fourth-order valence-electron chi connectivity index (χ4n) is 2.73. The Hall–Kier alpha value is -2.43. The molecule has 0 radical (unpaired) electrons. The van der Waals surface area contributed by atoms with Crippen LogP contribution in [-0.4, -0.2) is 21.9 Å². The molecule has 0 saturated heterocycles. The quantitative estimate of drug-likeness (QED) is 0.906. The average Bonchev–Trinajstić information content (AvgIpc) is 2.57. The van der Waals surface area contributed by atoms with Crippen LogP contribution in [0, 0.1) is 0 Å². The van der Waals surface area contributed by atoms with Crippen molar-refractivity contribution in [1.29, 1.82) is 0 Å². The largest absolute Gasteiger partial charge is 0.367 e. The van der Waals surface area contributed by atoms with Crippen LogP contribution >= 0.6 is 0 Å². The summed E-state index contributed by atoms with van der Waals surface area (Å²) < 4.78 is 0. The van der Waals surface area contributed by atoms with Crippen LogP contribution in [0.2, 0.25) is 0 Å². The van der Waals surface area contributed by atoms with E-state index in [0.29, 0.717) is 11.7 Å². The fraction of sp³-hybridized carbons (Fsp3) is 0.353. The predicted molar refractivity (Wildman–Crippen MR) is 86.9 cm³/mol. The fourth-order valence-corrected chi connectivity index (χ4v) is 2.73. The molecule has 0 bridgehead atoms. The van der Waals surface area contributed by atoms with Gasteiger partial charge in [-0.15, -0.1) is 0 Å². The first kappa shape index (κ1) is 14.5. The number of aromatic nitrogens is 2. The van der Waals surface area contributed by atoms with Crippen LogP contribution in [0.1, 0.15) is 42.6 Å². The van der Waals surface area contributed by atoms with Gasteiger partial charge in [0, 0.05) is 17.8 Å². The van der Waals surface area contributed by atoms with Crippen molar-refractivity contribution in [3.05, 3.63) is 48.4 Å². The molecule has 0 aliphatic heterocycles. The predicted octanol–water partition coefficient (Wildman–Crippen LogP) is 3.47. The molecule has 1 heterocycles. The van der Waals surface area contributed by atoms with Gasteiger partial charge < -0.3 is 10.6 Å². The molecule has 0 spiro atoms. The van der Waals surface area contributed by atoms with Gasteiger partial charge in [0.05, 0.1) is 0 Å². The Kier molecular flexibility index (Phi) is 4.63. The third-order valence-electron chi connectivity index (χ3n) is 3.89. The molecule has 0 unspecified atom stereocenters. The minimum absolute atomic E-state index is 0.222. The lowest BCUT2D eigenvalue weighted by atomic mass is 9.95. The van der Waals surface area contributed by atoms with E-state index in [1.54, 1.807) is 6.07 Å². The van der Waals surface area contributed by atoms with E-state index in [9.17, 15) is 4.79 Å². The van der Waals surface area contributed by atoms with E-state index < -0.39 is 0 Å². The van der Waals surface area contributed by atoms with Crippen molar-refractivity contribution in [3.8, 4) is 0 Å². The molecule has 0 atom stereocenters. The zero-order valence-electron chi connectivity index (χ0n) is 12.5. The molecule has 1 aromatic heterocycles. The third-order valence-corrected chi connectivity index (χ3v) is 3.89. The maximum absolute atomic E-state index is 12.2. The lowest BCUT2D eigenvalue weighted by Crippen LogP contribution is -2.23. The van der Waals surface area contributed by atoms with Gasteiger partial charge >= 0.3 is 0 Å². The molecule has 22 heavy (non-hydrogen) atoms. The first-order valence-corrected chi connectivity index (χ1v) is 7.76. The molecule has 3 rings (SSSR count). The van der Waals surface area contributed by atoms with E-state index in [1.165, 1.54) is 25.6 Å². The number of hydrogen-bond donors (Lipinski definition) is 2. The van der Waals surface area contributed by atoms with E-state index >= 15 is 0 Å². The summed E-state index contributed by atoms with van der Waals surface area (Å²) in [5, 5.41) is 6.24. The zero-order valence-corrected chi connectivity index (χ0v) is 12.5. The second-order valence-corrected chi connectivity index (χ2v) is 5.59. The van der Waals surface area contributed by atoms with Gasteiger partial charge in [0.2, 0.25) is 0 Å². The van der Waals surface area contributed by atoms with Gasteiger partial charge in [-0.1, -0.05) is 37.5 Å². The molecule has 1 aliphatic carbocycles. The molecule has 1 aliphatic rings.